The van der Waals surface area contributed by atoms with Crippen LogP contribution in [0, 0.1) is 0 Å². The third-order valence-electron chi connectivity index (χ3n) is 5.49. The second-order valence-electron chi connectivity index (χ2n) is 8.72. The van der Waals surface area contributed by atoms with Gasteiger partial charge in [-0.15, -0.1) is 0 Å². The summed E-state index contributed by atoms with van der Waals surface area (Å²) in [5.74, 6) is -1.73. The molecule has 0 aliphatic rings. The van der Waals surface area contributed by atoms with Crippen LogP contribution in [-0.4, -0.2) is 44.6 Å². The number of carboxylic acid groups (broad SMARTS) is 2. The Morgan fingerprint density at radius 3 is 1.38 bits per heavy atom. The molecule has 0 spiro atoms. The highest BCUT2D eigenvalue weighted by Gasteiger charge is 2.39. The third-order valence-corrected chi connectivity index (χ3v) is 5.49. The first-order valence-corrected chi connectivity index (χ1v) is 12.5. The molecule has 3 aromatic rings. The van der Waals surface area contributed by atoms with Crippen molar-refractivity contribution in [1.29, 1.82) is 0 Å². The maximum absolute atomic E-state index is 12.0. The maximum Gasteiger partial charge on any atom is 0.414 e. The van der Waals surface area contributed by atoms with Crippen LogP contribution in [0.2, 0.25) is 0 Å². The molecular formula is C30H35F3O6. The van der Waals surface area contributed by atoms with Crippen LogP contribution < -0.4 is 0 Å². The molecule has 0 saturated heterocycles. The lowest BCUT2D eigenvalue weighted by atomic mass is 10.0. The van der Waals surface area contributed by atoms with E-state index in [4.69, 9.17) is 15.3 Å². The minimum absolute atomic E-state index is 0.356. The number of carboxylic acids is 2. The van der Waals surface area contributed by atoms with Crippen molar-refractivity contribution in [3.63, 3.8) is 0 Å². The van der Waals surface area contributed by atoms with Gasteiger partial charge < -0.3 is 20.4 Å². The summed E-state index contributed by atoms with van der Waals surface area (Å²) >= 11 is 0. The smallest absolute Gasteiger partial charge is 0.414 e. The first-order valence-electron chi connectivity index (χ1n) is 12.5. The van der Waals surface area contributed by atoms with E-state index >= 15 is 0 Å². The molecule has 0 bridgehead atoms. The molecule has 0 aromatic heterocycles. The number of aromatic carboxylic acids is 2. The Morgan fingerprint density at radius 2 is 1.08 bits per heavy atom. The molecule has 2 unspecified atom stereocenters. The molecule has 0 heterocycles. The standard InChI is InChI=1S/C10H11F3O2.2C10H12O2/c11-10(12,13)9(15)6-8(14)7-4-2-1-3-5-7;2*1-2-3-8-4-6-9(7-5-8)10(11)12/h1-5,8-9,14-15H,6H2;2*4-7H,2-3H2,1H3,(H,11,12). The van der Waals surface area contributed by atoms with Gasteiger partial charge in [0.15, 0.2) is 6.10 Å². The van der Waals surface area contributed by atoms with E-state index in [1.54, 1.807) is 42.5 Å². The normalized spacial score (nSPS) is 12.2. The fourth-order valence-electron chi connectivity index (χ4n) is 3.36. The van der Waals surface area contributed by atoms with Crippen LogP contribution in [0.1, 0.15) is 76.6 Å². The lowest BCUT2D eigenvalue weighted by Crippen LogP contribution is -2.30. The summed E-state index contributed by atoms with van der Waals surface area (Å²) < 4.78 is 35.9. The molecule has 6 nitrogen and oxygen atoms in total. The SMILES string of the molecule is CCCc1ccc(C(=O)O)cc1.CCCc1ccc(C(=O)O)cc1.OC(CC(O)C(F)(F)F)c1ccccc1. The molecule has 3 rings (SSSR count). The van der Waals surface area contributed by atoms with Gasteiger partial charge in [0, 0.05) is 6.42 Å². The molecule has 3 aromatic carbocycles. The molecular weight excluding hydrogens is 513 g/mol. The predicted octanol–water partition coefficient (Wildman–Crippen LogP) is 6.71. The van der Waals surface area contributed by atoms with E-state index < -0.39 is 36.7 Å². The second kappa shape index (κ2) is 17.0. The Morgan fingerprint density at radius 1 is 0.692 bits per heavy atom. The van der Waals surface area contributed by atoms with Crippen molar-refractivity contribution >= 4 is 11.9 Å². The van der Waals surface area contributed by atoms with Gasteiger partial charge in [-0.1, -0.05) is 81.3 Å². The zero-order valence-electron chi connectivity index (χ0n) is 21.9. The van der Waals surface area contributed by atoms with Crippen LogP contribution in [0.4, 0.5) is 13.2 Å². The van der Waals surface area contributed by atoms with E-state index in [0.717, 1.165) is 25.7 Å². The van der Waals surface area contributed by atoms with Gasteiger partial charge in [0.25, 0.3) is 0 Å². The lowest BCUT2D eigenvalue weighted by Gasteiger charge is -2.18. The first kappa shape index (κ1) is 33.3. The van der Waals surface area contributed by atoms with Gasteiger partial charge in [0.05, 0.1) is 17.2 Å². The Bertz CT molecular complexity index is 1050. The second-order valence-corrected chi connectivity index (χ2v) is 8.72. The van der Waals surface area contributed by atoms with Crippen molar-refractivity contribution in [3.05, 3.63) is 107 Å². The minimum Gasteiger partial charge on any atom is -0.478 e. The quantitative estimate of drug-likeness (QED) is 0.236. The zero-order valence-corrected chi connectivity index (χ0v) is 21.9. The molecule has 0 fully saturated rings. The van der Waals surface area contributed by atoms with E-state index in [1.165, 1.54) is 23.3 Å². The van der Waals surface area contributed by atoms with Crippen LogP contribution in [0.5, 0.6) is 0 Å². The molecule has 0 aliphatic heterocycles. The van der Waals surface area contributed by atoms with E-state index in [2.05, 4.69) is 13.8 Å². The van der Waals surface area contributed by atoms with Crippen molar-refractivity contribution < 1.29 is 43.2 Å². The predicted molar refractivity (Wildman–Crippen MR) is 143 cm³/mol. The molecule has 9 heteroatoms. The highest BCUT2D eigenvalue weighted by Crippen LogP contribution is 2.27. The molecule has 2 atom stereocenters. The average molecular weight is 549 g/mol. The number of halogens is 3. The van der Waals surface area contributed by atoms with Crippen molar-refractivity contribution in [2.24, 2.45) is 0 Å². The monoisotopic (exact) mass is 548 g/mol. The summed E-state index contributed by atoms with van der Waals surface area (Å²) in [6, 6.07) is 22.0. The molecule has 0 amide bonds. The van der Waals surface area contributed by atoms with Gasteiger partial charge >= 0.3 is 18.1 Å². The molecule has 0 radical (unpaired) electrons. The number of hydrogen-bond donors (Lipinski definition) is 4. The molecule has 212 valence electrons. The third kappa shape index (κ3) is 13.1. The molecule has 0 aliphatic carbocycles. The Kier molecular flexibility index (Phi) is 14.5. The fourth-order valence-corrected chi connectivity index (χ4v) is 3.36. The number of benzene rings is 3. The number of aryl methyl sites for hydroxylation is 2. The first-order chi connectivity index (χ1) is 18.4. The van der Waals surface area contributed by atoms with Gasteiger partial charge in [-0.3, -0.25) is 0 Å². The maximum atomic E-state index is 12.0. The van der Waals surface area contributed by atoms with Gasteiger partial charge in [-0.05, 0) is 53.8 Å². The van der Waals surface area contributed by atoms with Crippen molar-refractivity contribution in [1.82, 2.24) is 0 Å². The number of hydrogen-bond acceptors (Lipinski definition) is 4. The Hall–Kier alpha value is -3.69. The van der Waals surface area contributed by atoms with E-state index in [9.17, 15) is 27.9 Å². The van der Waals surface area contributed by atoms with Crippen molar-refractivity contribution in [3.8, 4) is 0 Å². The van der Waals surface area contributed by atoms with E-state index in [1.807, 2.05) is 24.3 Å². The number of alkyl halides is 3. The summed E-state index contributed by atoms with van der Waals surface area (Å²) in [4.78, 5) is 20.9. The summed E-state index contributed by atoms with van der Waals surface area (Å²) in [6.45, 7) is 4.20. The van der Waals surface area contributed by atoms with Crippen LogP contribution in [0.3, 0.4) is 0 Å². The summed E-state index contributed by atoms with van der Waals surface area (Å²) in [7, 11) is 0. The van der Waals surface area contributed by atoms with Crippen molar-refractivity contribution in [2.75, 3.05) is 0 Å². The van der Waals surface area contributed by atoms with E-state index in [-0.39, 0.29) is 0 Å². The van der Waals surface area contributed by atoms with Gasteiger partial charge in [0.2, 0.25) is 0 Å². The van der Waals surface area contributed by atoms with Gasteiger partial charge in [-0.2, -0.15) is 13.2 Å². The van der Waals surface area contributed by atoms with Crippen LogP contribution >= 0.6 is 0 Å². The largest absolute Gasteiger partial charge is 0.478 e. The highest BCUT2D eigenvalue weighted by molar-refractivity contribution is 5.87. The topological polar surface area (TPSA) is 115 Å². The average Bonchev–Trinajstić information content (AvgIpc) is 2.90. The highest BCUT2D eigenvalue weighted by atomic mass is 19.4. The number of aliphatic hydroxyl groups excluding tert-OH is 2. The molecule has 4 N–H and O–H groups in total. The zero-order chi connectivity index (χ0) is 29.4. The van der Waals surface area contributed by atoms with Gasteiger partial charge in [-0.25, -0.2) is 9.59 Å². The summed E-state index contributed by atoms with van der Waals surface area (Å²) in [6.07, 6.45) is -5.02. The molecule has 39 heavy (non-hydrogen) atoms. The lowest BCUT2D eigenvalue weighted by molar-refractivity contribution is -0.211. The molecule has 0 saturated carbocycles. The minimum atomic E-state index is -4.68. The summed E-state index contributed by atoms with van der Waals surface area (Å²) in [5, 5.41) is 35.3. The van der Waals surface area contributed by atoms with Crippen LogP contribution in [0.25, 0.3) is 0 Å². The van der Waals surface area contributed by atoms with Gasteiger partial charge in [0.1, 0.15) is 0 Å². The number of rotatable bonds is 9. The van der Waals surface area contributed by atoms with Crippen molar-refractivity contribution in [2.45, 2.75) is 64.3 Å². The van der Waals surface area contributed by atoms with E-state index in [0.29, 0.717) is 16.7 Å². The van der Waals surface area contributed by atoms with Crippen LogP contribution in [0.15, 0.2) is 78.9 Å². The summed E-state index contributed by atoms with van der Waals surface area (Å²) in [5.41, 5.74) is 3.47. The number of carbonyl (C=O) groups is 2. The Balaban J connectivity index is 0.000000295. The number of aliphatic hydroxyl groups is 2. The fraction of sp³-hybridized carbons (Fsp3) is 0.333. The van der Waals surface area contributed by atoms with Crippen LogP contribution in [-0.2, 0) is 12.8 Å². The Labute approximate surface area is 226 Å².